The predicted octanol–water partition coefficient (Wildman–Crippen LogP) is -4.36. The number of carboxylic acids is 2. The van der Waals surface area contributed by atoms with Gasteiger partial charge in [0, 0.05) is 52.2 Å². The second-order valence-corrected chi connectivity index (χ2v) is 13.5. The van der Waals surface area contributed by atoms with Crippen molar-refractivity contribution in [2.75, 3.05) is 52.6 Å². The molecular weight excluding hydrogens is 730 g/mol. The van der Waals surface area contributed by atoms with Crippen LogP contribution in [-0.4, -0.2) is 168 Å². The van der Waals surface area contributed by atoms with Crippen LogP contribution in [0, 0.1) is 22.7 Å². The SMILES string of the molecule is CC(=O)N[C@H]1[C@H]([C@H](O)[C@H](O)CNCCOCCC(C)CCOCCNC[C@@H](O)[C@@H](O)[C@@H]2OC(C(=O)O)=C[C@H](NC(=N)N)[C@H]2C)OC(C(=O)O)=C[C@@H]1NC(=N)N. The van der Waals surface area contributed by atoms with Crippen LogP contribution in [0.4, 0.5) is 0 Å². The van der Waals surface area contributed by atoms with Gasteiger partial charge < -0.3 is 87.6 Å². The first-order valence-corrected chi connectivity index (χ1v) is 17.9. The zero-order chi connectivity index (χ0) is 41.2. The first-order chi connectivity index (χ1) is 25.9. The largest absolute Gasteiger partial charge is 0.480 e. The maximum atomic E-state index is 11.8. The van der Waals surface area contributed by atoms with Crippen LogP contribution >= 0.6 is 0 Å². The van der Waals surface area contributed by atoms with E-state index in [1.807, 2.05) is 0 Å². The van der Waals surface area contributed by atoms with Crippen LogP contribution in [0.25, 0.3) is 0 Å². The van der Waals surface area contributed by atoms with E-state index in [0.717, 1.165) is 18.9 Å². The molecule has 2 heterocycles. The number of hydrogen-bond acceptors (Lipinski definition) is 15. The Morgan fingerprint density at radius 1 is 0.764 bits per heavy atom. The number of ether oxygens (including phenoxy) is 4. The van der Waals surface area contributed by atoms with E-state index in [-0.39, 0.29) is 25.0 Å². The highest BCUT2D eigenvalue weighted by Gasteiger charge is 2.44. The number of carboxylic acid groups (broad SMARTS) is 2. The summed E-state index contributed by atoms with van der Waals surface area (Å²) in [6, 6.07) is -2.76. The number of aliphatic hydroxyl groups excluding tert-OH is 4. The van der Waals surface area contributed by atoms with Crippen LogP contribution < -0.4 is 38.1 Å². The summed E-state index contributed by atoms with van der Waals surface area (Å²) in [5, 5.41) is 90.1. The van der Waals surface area contributed by atoms with Crippen LogP contribution in [0.1, 0.15) is 33.6 Å². The van der Waals surface area contributed by atoms with Gasteiger partial charge >= 0.3 is 11.9 Å². The van der Waals surface area contributed by atoms with Gasteiger partial charge in [-0.2, -0.15) is 0 Å². The average Bonchev–Trinajstić information content (AvgIpc) is 3.10. The minimum Gasteiger partial charge on any atom is -0.480 e. The first-order valence-electron chi connectivity index (χ1n) is 17.9. The molecule has 2 rings (SSSR count). The third-order valence-electron chi connectivity index (χ3n) is 8.97. The molecule has 1 unspecified atom stereocenters. The monoisotopic (exact) mass is 789 g/mol. The summed E-state index contributed by atoms with van der Waals surface area (Å²) < 4.78 is 22.2. The fourth-order valence-corrected chi connectivity index (χ4v) is 5.90. The lowest BCUT2D eigenvalue weighted by atomic mass is 9.87. The van der Waals surface area contributed by atoms with E-state index in [1.165, 1.54) is 13.0 Å². The van der Waals surface area contributed by atoms with Gasteiger partial charge in [0.25, 0.3) is 0 Å². The van der Waals surface area contributed by atoms with E-state index in [9.17, 15) is 45.0 Å². The van der Waals surface area contributed by atoms with Gasteiger partial charge in [0.2, 0.25) is 17.4 Å². The fraction of sp³-hybridized carbons (Fsp3) is 0.727. The topological polar surface area (TPSA) is 369 Å². The number of guanidine groups is 2. The van der Waals surface area contributed by atoms with Gasteiger partial charge in [0.15, 0.2) is 11.9 Å². The summed E-state index contributed by atoms with van der Waals surface area (Å²) in [4.78, 5) is 34.9. The third-order valence-corrected chi connectivity index (χ3v) is 8.97. The van der Waals surface area contributed by atoms with E-state index in [1.54, 1.807) is 6.92 Å². The molecule has 55 heavy (non-hydrogen) atoms. The van der Waals surface area contributed by atoms with Crippen LogP contribution in [0.5, 0.6) is 0 Å². The lowest BCUT2D eigenvalue weighted by molar-refractivity contribution is -0.146. The Kier molecular flexibility index (Phi) is 20.1. The number of nitrogens with two attached hydrogens (primary N) is 2. The van der Waals surface area contributed by atoms with Crippen molar-refractivity contribution in [3.05, 3.63) is 23.7 Å². The molecule has 314 valence electrons. The summed E-state index contributed by atoms with van der Waals surface area (Å²) in [5.74, 6) is -5.36. The fourth-order valence-electron chi connectivity index (χ4n) is 5.90. The molecular formula is C33H59N9O13. The van der Waals surface area contributed by atoms with Crippen LogP contribution in [-0.2, 0) is 33.3 Å². The smallest absolute Gasteiger partial charge is 0.370 e. The number of carbonyl (C=O) groups excluding carboxylic acids is 1. The van der Waals surface area contributed by atoms with E-state index >= 15 is 0 Å². The molecule has 22 heteroatoms. The van der Waals surface area contributed by atoms with Gasteiger partial charge in [0.1, 0.15) is 24.4 Å². The van der Waals surface area contributed by atoms with Gasteiger partial charge in [-0.3, -0.25) is 15.6 Å². The van der Waals surface area contributed by atoms with Gasteiger partial charge in [-0.25, -0.2) is 9.59 Å². The number of rotatable bonds is 25. The Bertz CT molecular complexity index is 1340. The molecule has 11 atom stereocenters. The summed E-state index contributed by atoms with van der Waals surface area (Å²) in [5.41, 5.74) is 10.8. The maximum absolute atomic E-state index is 11.8. The molecule has 1 amide bonds. The summed E-state index contributed by atoms with van der Waals surface area (Å²) >= 11 is 0. The molecule has 0 saturated heterocycles. The number of nitrogens with one attached hydrogen (secondary N) is 7. The maximum Gasteiger partial charge on any atom is 0.370 e. The predicted molar refractivity (Wildman–Crippen MR) is 195 cm³/mol. The normalized spacial score (nSPS) is 25.0. The van der Waals surface area contributed by atoms with Gasteiger partial charge in [0.05, 0.1) is 43.5 Å². The number of aliphatic carboxylic acids is 2. The van der Waals surface area contributed by atoms with E-state index in [0.29, 0.717) is 39.5 Å². The van der Waals surface area contributed by atoms with Gasteiger partial charge in [-0.1, -0.05) is 13.8 Å². The van der Waals surface area contributed by atoms with Crippen molar-refractivity contribution in [2.24, 2.45) is 23.3 Å². The lowest BCUT2D eigenvalue weighted by Gasteiger charge is -2.40. The highest BCUT2D eigenvalue weighted by Crippen LogP contribution is 2.27. The van der Waals surface area contributed by atoms with Crippen molar-refractivity contribution in [3.63, 3.8) is 0 Å². The molecule has 17 N–H and O–H groups in total. The van der Waals surface area contributed by atoms with Gasteiger partial charge in [-0.05, 0) is 30.9 Å². The summed E-state index contributed by atoms with van der Waals surface area (Å²) in [7, 11) is 0. The lowest BCUT2D eigenvalue weighted by Crippen LogP contribution is -2.64. The Morgan fingerprint density at radius 3 is 1.65 bits per heavy atom. The molecule has 22 nitrogen and oxygen atoms in total. The standard InChI is InChI=1S/C33H59N9O13/c1-16(4-8-52-10-6-38-14-21(44)26(46)28-17(2)19(41-32(34)35)12-23(54-28)30(48)49)5-9-53-11-7-39-15-22(45)27(47)29-25(40-18(3)43)20(42-33(36)37)13-24(55-29)31(50)51/h12-13,16-17,19-22,25-29,38-39,44-47H,4-11,14-15H2,1-3H3,(H,40,43)(H,48,49)(H,50,51)(H4,34,35,41)(H4,36,37,42)/t16?,17-,19+,20+,21-,22-,25-,26-,27-,28-,29-/m1/s1. The zero-order valence-corrected chi connectivity index (χ0v) is 31.3. The Balaban J connectivity index is 1.61. The molecule has 0 aliphatic carbocycles. The average molecular weight is 790 g/mol. The number of carbonyl (C=O) groups is 3. The molecule has 0 bridgehead atoms. The Labute approximate surface area is 319 Å². The number of hydrogen-bond donors (Lipinski definition) is 15. The molecule has 0 aromatic rings. The third kappa shape index (κ3) is 16.1. The number of amides is 1. The highest BCUT2D eigenvalue weighted by molar-refractivity contribution is 5.86. The molecule has 0 spiro atoms. The quantitative estimate of drug-likeness (QED) is 0.0236. The minimum atomic E-state index is -1.63. The van der Waals surface area contributed by atoms with Crippen molar-refractivity contribution < 1.29 is 64.0 Å². The zero-order valence-electron chi connectivity index (χ0n) is 31.3. The highest BCUT2D eigenvalue weighted by atomic mass is 16.5. The molecule has 0 aromatic carbocycles. The van der Waals surface area contributed by atoms with Crippen molar-refractivity contribution in [1.29, 1.82) is 10.8 Å². The first kappa shape index (κ1) is 46.9. The van der Waals surface area contributed by atoms with Crippen molar-refractivity contribution in [1.82, 2.24) is 26.6 Å². The van der Waals surface area contributed by atoms with Crippen LogP contribution in [0.2, 0.25) is 0 Å². The summed E-state index contributed by atoms with van der Waals surface area (Å²) in [6.07, 6.45) is -4.28. The van der Waals surface area contributed by atoms with Crippen LogP contribution in [0.3, 0.4) is 0 Å². The molecule has 0 radical (unpaired) electrons. The van der Waals surface area contributed by atoms with Crippen LogP contribution in [0.15, 0.2) is 23.7 Å². The minimum absolute atomic E-state index is 0.00421. The molecule has 0 fully saturated rings. The van der Waals surface area contributed by atoms with E-state index in [4.69, 9.17) is 41.2 Å². The van der Waals surface area contributed by atoms with E-state index < -0.39 is 96.0 Å². The second kappa shape index (κ2) is 23.6. The molecule has 0 aromatic heterocycles. The van der Waals surface area contributed by atoms with Gasteiger partial charge in [-0.15, -0.1) is 0 Å². The van der Waals surface area contributed by atoms with Crippen molar-refractivity contribution in [3.8, 4) is 0 Å². The molecule has 2 aliphatic heterocycles. The molecule has 2 aliphatic rings. The summed E-state index contributed by atoms with van der Waals surface area (Å²) in [6.45, 7) is 7.17. The van der Waals surface area contributed by atoms with Crippen molar-refractivity contribution >= 4 is 29.8 Å². The van der Waals surface area contributed by atoms with E-state index in [2.05, 4.69) is 33.5 Å². The Morgan fingerprint density at radius 2 is 1.20 bits per heavy atom. The second-order valence-electron chi connectivity index (χ2n) is 13.5. The molecule has 0 saturated carbocycles. The number of aliphatic hydroxyl groups is 4. The Hall–Kier alpha value is -4.29. The van der Waals surface area contributed by atoms with Crippen molar-refractivity contribution in [2.45, 2.75) is 88.4 Å².